The van der Waals surface area contributed by atoms with E-state index in [0.29, 0.717) is 6.42 Å². The fourth-order valence-corrected chi connectivity index (χ4v) is 2.30. The van der Waals surface area contributed by atoms with Crippen molar-refractivity contribution < 1.29 is 4.79 Å². The second-order valence-corrected chi connectivity index (χ2v) is 5.44. The number of amides is 1. The molecule has 0 aliphatic heterocycles. The highest BCUT2D eigenvalue weighted by Crippen LogP contribution is 2.14. The maximum absolute atomic E-state index is 12.2. The molecule has 2 aromatic rings. The minimum absolute atomic E-state index is 0.0424. The SMILES string of the molecule is Cc1cccc([C@H](C)NC(=O)[C@H](N)Cc2ccccc2)c1. The average molecular weight is 282 g/mol. The van der Waals surface area contributed by atoms with Gasteiger partial charge in [-0.15, -0.1) is 0 Å². The van der Waals surface area contributed by atoms with Crippen LogP contribution in [0.3, 0.4) is 0 Å². The van der Waals surface area contributed by atoms with E-state index in [4.69, 9.17) is 5.73 Å². The van der Waals surface area contributed by atoms with Gasteiger partial charge in [0, 0.05) is 0 Å². The van der Waals surface area contributed by atoms with Crippen LogP contribution in [0.2, 0.25) is 0 Å². The number of benzene rings is 2. The highest BCUT2D eigenvalue weighted by atomic mass is 16.2. The third-order valence-corrected chi connectivity index (χ3v) is 3.54. The number of carbonyl (C=O) groups excluding carboxylic acids is 1. The maximum atomic E-state index is 12.2. The first-order valence-electron chi connectivity index (χ1n) is 7.22. The van der Waals surface area contributed by atoms with Gasteiger partial charge in [-0.2, -0.15) is 0 Å². The Kier molecular flexibility index (Phi) is 5.12. The topological polar surface area (TPSA) is 55.1 Å². The van der Waals surface area contributed by atoms with Crippen LogP contribution in [-0.4, -0.2) is 11.9 Å². The molecule has 2 aromatic carbocycles. The molecule has 110 valence electrons. The lowest BCUT2D eigenvalue weighted by molar-refractivity contribution is -0.123. The molecule has 0 saturated heterocycles. The van der Waals surface area contributed by atoms with Gasteiger partial charge in [-0.3, -0.25) is 4.79 Å². The molecule has 2 rings (SSSR count). The highest BCUT2D eigenvalue weighted by molar-refractivity contribution is 5.82. The van der Waals surface area contributed by atoms with Crippen molar-refractivity contribution in [1.29, 1.82) is 0 Å². The number of hydrogen-bond donors (Lipinski definition) is 2. The smallest absolute Gasteiger partial charge is 0.237 e. The Labute approximate surface area is 126 Å². The number of nitrogens with one attached hydrogen (secondary N) is 1. The van der Waals surface area contributed by atoms with E-state index in [2.05, 4.69) is 11.4 Å². The van der Waals surface area contributed by atoms with Crippen molar-refractivity contribution in [1.82, 2.24) is 5.32 Å². The standard InChI is InChI=1S/C18H22N2O/c1-13-7-6-10-16(11-13)14(2)20-18(21)17(19)12-15-8-4-3-5-9-15/h3-11,14,17H,12,19H2,1-2H3,(H,20,21)/t14-,17+/m0/s1. The number of hydrogen-bond acceptors (Lipinski definition) is 2. The van der Waals surface area contributed by atoms with Crippen molar-refractivity contribution in [2.45, 2.75) is 32.4 Å². The third-order valence-electron chi connectivity index (χ3n) is 3.54. The quantitative estimate of drug-likeness (QED) is 0.886. The summed E-state index contributed by atoms with van der Waals surface area (Å²) in [5, 5.41) is 2.98. The van der Waals surface area contributed by atoms with E-state index < -0.39 is 6.04 Å². The Hall–Kier alpha value is -2.13. The maximum Gasteiger partial charge on any atom is 0.237 e. The van der Waals surface area contributed by atoms with Gasteiger partial charge in [-0.25, -0.2) is 0 Å². The number of carbonyl (C=O) groups is 1. The van der Waals surface area contributed by atoms with E-state index in [-0.39, 0.29) is 11.9 Å². The Morgan fingerprint density at radius 2 is 1.86 bits per heavy atom. The molecule has 0 aliphatic carbocycles. The van der Waals surface area contributed by atoms with Gasteiger partial charge in [0.1, 0.15) is 0 Å². The van der Waals surface area contributed by atoms with Crippen LogP contribution in [0.5, 0.6) is 0 Å². The molecular formula is C18H22N2O. The molecule has 0 radical (unpaired) electrons. The molecule has 2 atom stereocenters. The molecule has 0 spiro atoms. The normalized spacial score (nSPS) is 13.5. The zero-order valence-corrected chi connectivity index (χ0v) is 12.5. The van der Waals surface area contributed by atoms with Gasteiger partial charge in [-0.05, 0) is 31.4 Å². The molecule has 0 aliphatic rings. The molecular weight excluding hydrogens is 260 g/mol. The largest absolute Gasteiger partial charge is 0.348 e. The van der Waals surface area contributed by atoms with Gasteiger partial charge in [0.15, 0.2) is 0 Å². The minimum Gasteiger partial charge on any atom is -0.348 e. The Morgan fingerprint density at radius 1 is 1.14 bits per heavy atom. The number of rotatable bonds is 5. The highest BCUT2D eigenvalue weighted by Gasteiger charge is 2.17. The summed E-state index contributed by atoms with van der Waals surface area (Å²) in [6.45, 7) is 4.01. The van der Waals surface area contributed by atoms with Crippen LogP contribution in [0.1, 0.15) is 29.7 Å². The Morgan fingerprint density at radius 3 is 2.52 bits per heavy atom. The number of nitrogens with two attached hydrogens (primary N) is 1. The van der Waals surface area contributed by atoms with Crippen molar-refractivity contribution in [2.24, 2.45) is 5.73 Å². The molecule has 0 fully saturated rings. The predicted octanol–water partition coefficient (Wildman–Crippen LogP) is 2.74. The second kappa shape index (κ2) is 7.04. The van der Waals surface area contributed by atoms with E-state index in [1.165, 1.54) is 5.56 Å². The van der Waals surface area contributed by atoms with Gasteiger partial charge in [0.05, 0.1) is 12.1 Å². The van der Waals surface area contributed by atoms with Crippen LogP contribution >= 0.6 is 0 Å². The van der Waals surface area contributed by atoms with Crippen LogP contribution < -0.4 is 11.1 Å². The first-order valence-corrected chi connectivity index (χ1v) is 7.22. The summed E-state index contributed by atoms with van der Waals surface area (Å²) >= 11 is 0. The van der Waals surface area contributed by atoms with Crippen molar-refractivity contribution in [2.75, 3.05) is 0 Å². The van der Waals surface area contributed by atoms with Crippen molar-refractivity contribution in [3.63, 3.8) is 0 Å². The monoisotopic (exact) mass is 282 g/mol. The summed E-state index contributed by atoms with van der Waals surface area (Å²) in [6.07, 6.45) is 0.549. The van der Waals surface area contributed by atoms with Gasteiger partial charge in [0.25, 0.3) is 0 Å². The van der Waals surface area contributed by atoms with E-state index in [0.717, 1.165) is 11.1 Å². The van der Waals surface area contributed by atoms with E-state index in [1.54, 1.807) is 0 Å². The van der Waals surface area contributed by atoms with E-state index >= 15 is 0 Å². The lowest BCUT2D eigenvalue weighted by Gasteiger charge is -2.18. The lowest BCUT2D eigenvalue weighted by Crippen LogP contribution is -2.42. The van der Waals surface area contributed by atoms with Crippen LogP contribution in [0, 0.1) is 6.92 Å². The first kappa shape index (κ1) is 15.3. The Bertz CT molecular complexity index is 595. The molecule has 1 amide bonds. The van der Waals surface area contributed by atoms with Crippen molar-refractivity contribution >= 4 is 5.91 Å². The fraction of sp³-hybridized carbons (Fsp3) is 0.278. The number of aryl methyl sites for hydroxylation is 1. The van der Waals surface area contributed by atoms with Gasteiger partial charge < -0.3 is 11.1 Å². The van der Waals surface area contributed by atoms with Gasteiger partial charge >= 0.3 is 0 Å². The predicted molar refractivity (Wildman–Crippen MR) is 85.9 cm³/mol. The molecule has 21 heavy (non-hydrogen) atoms. The Balaban J connectivity index is 1.94. The summed E-state index contributed by atoms with van der Waals surface area (Å²) < 4.78 is 0. The summed E-state index contributed by atoms with van der Waals surface area (Å²) in [6, 6.07) is 17.4. The molecule has 0 aromatic heterocycles. The molecule has 0 heterocycles. The average Bonchev–Trinajstić information content (AvgIpc) is 2.48. The second-order valence-electron chi connectivity index (χ2n) is 5.44. The van der Waals surface area contributed by atoms with Crippen LogP contribution in [0.15, 0.2) is 54.6 Å². The van der Waals surface area contributed by atoms with E-state index in [1.807, 2.05) is 62.4 Å². The molecule has 3 nitrogen and oxygen atoms in total. The first-order chi connectivity index (χ1) is 10.1. The molecule has 0 saturated carbocycles. The lowest BCUT2D eigenvalue weighted by atomic mass is 10.0. The molecule has 0 unspecified atom stereocenters. The zero-order chi connectivity index (χ0) is 15.2. The van der Waals surface area contributed by atoms with E-state index in [9.17, 15) is 4.79 Å². The summed E-state index contributed by atoms with van der Waals surface area (Å²) in [7, 11) is 0. The third kappa shape index (κ3) is 4.43. The van der Waals surface area contributed by atoms with Crippen molar-refractivity contribution in [3.05, 3.63) is 71.3 Å². The van der Waals surface area contributed by atoms with Gasteiger partial charge in [0.2, 0.25) is 5.91 Å². The van der Waals surface area contributed by atoms with Gasteiger partial charge in [-0.1, -0.05) is 60.2 Å². The molecule has 3 N–H and O–H groups in total. The van der Waals surface area contributed by atoms with Crippen LogP contribution in [0.4, 0.5) is 0 Å². The summed E-state index contributed by atoms with van der Waals surface area (Å²) in [4.78, 5) is 12.2. The molecule has 0 bridgehead atoms. The van der Waals surface area contributed by atoms with Crippen LogP contribution in [0.25, 0.3) is 0 Å². The zero-order valence-electron chi connectivity index (χ0n) is 12.5. The van der Waals surface area contributed by atoms with Crippen LogP contribution in [-0.2, 0) is 11.2 Å². The minimum atomic E-state index is -0.528. The molecule has 3 heteroatoms. The fourth-order valence-electron chi connectivity index (χ4n) is 2.30. The summed E-state index contributed by atoms with van der Waals surface area (Å²) in [5.41, 5.74) is 9.34. The van der Waals surface area contributed by atoms with Crippen molar-refractivity contribution in [3.8, 4) is 0 Å². The summed E-state index contributed by atoms with van der Waals surface area (Å²) in [5.74, 6) is -0.118.